The lowest BCUT2D eigenvalue weighted by Gasteiger charge is -2.14. The minimum atomic E-state index is -0.611. The van der Waals surface area contributed by atoms with Crippen molar-refractivity contribution in [3.63, 3.8) is 0 Å². The van der Waals surface area contributed by atoms with E-state index < -0.39 is 5.91 Å². The predicted molar refractivity (Wildman–Crippen MR) is 135 cm³/mol. The van der Waals surface area contributed by atoms with Gasteiger partial charge in [-0.1, -0.05) is 68.9 Å². The quantitative estimate of drug-likeness (QED) is 0.237. The van der Waals surface area contributed by atoms with Gasteiger partial charge in [-0.25, -0.2) is 0 Å². The fraction of sp³-hybridized carbons (Fsp3) is 0.0833. The third-order valence-corrected chi connectivity index (χ3v) is 6.23. The van der Waals surface area contributed by atoms with Crippen molar-refractivity contribution in [1.29, 1.82) is 5.26 Å². The van der Waals surface area contributed by atoms with Crippen LogP contribution in [0.15, 0.2) is 64.6 Å². The molecule has 9 heteroatoms. The molecular formula is C24H16BrCl3N2O3. The second-order valence-electron chi connectivity index (χ2n) is 6.67. The fourth-order valence-electron chi connectivity index (χ4n) is 2.82. The maximum atomic E-state index is 12.6. The molecule has 168 valence electrons. The van der Waals surface area contributed by atoms with E-state index in [1.54, 1.807) is 24.3 Å². The normalized spacial score (nSPS) is 11.0. The van der Waals surface area contributed by atoms with Crippen LogP contribution in [0.1, 0.15) is 11.1 Å². The SMILES string of the molecule is COc1cc(/C=C(\C#N)C(=O)Nc2ccc(Cl)c(Cl)c2)cc(Cl)c1OCc1ccccc1Br. The van der Waals surface area contributed by atoms with E-state index in [0.29, 0.717) is 27.8 Å². The molecule has 1 N–H and O–H groups in total. The zero-order chi connectivity index (χ0) is 24.0. The summed E-state index contributed by atoms with van der Waals surface area (Å²) in [6.45, 7) is 0.266. The van der Waals surface area contributed by atoms with Gasteiger partial charge in [-0.3, -0.25) is 4.79 Å². The van der Waals surface area contributed by atoms with Crippen LogP contribution in [0.3, 0.4) is 0 Å². The summed E-state index contributed by atoms with van der Waals surface area (Å²) in [4.78, 5) is 12.6. The number of rotatable bonds is 7. The van der Waals surface area contributed by atoms with Crippen molar-refractivity contribution in [1.82, 2.24) is 0 Å². The van der Waals surface area contributed by atoms with Crippen LogP contribution in [0.5, 0.6) is 11.5 Å². The molecule has 0 atom stereocenters. The number of hydrogen-bond acceptors (Lipinski definition) is 4. The Balaban J connectivity index is 1.83. The minimum Gasteiger partial charge on any atom is -0.493 e. The van der Waals surface area contributed by atoms with E-state index in [4.69, 9.17) is 44.3 Å². The van der Waals surface area contributed by atoms with Gasteiger partial charge in [0.05, 0.1) is 22.2 Å². The summed E-state index contributed by atoms with van der Waals surface area (Å²) in [7, 11) is 1.48. The van der Waals surface area contributed by atoms with Gasteiger partial charge in [-0.2, -0.15) is 5.26 Å². The van der Waals surface area contributed by atoms with Crippen molar-refractivity contribution in [2.24, 2.45) is 0 Å². The van der Waals surface area contributed by atoms with Crippen molar-refractivity contribution in [2.75, 3.05) is 12.4 Å². The summed E-state index contributed by atoms with van der Waals surface area (Å²) in [5.41, 5.74) is 1.69. The van der Waals surface area contributed by atoms with Gasteiger partial charge in [-0.05, 0) is 48.0 Å². The lowest BCUT2D eigenvalue weighted by molar-refractivity contribution is -0.112. The molecule has 0 radical (unpaired) electrons. The van der Waals surface area contributed by atoms with Crippen LogP contribution >= 0.6 is 50.7 Å². The maximum absolute atomic E-state index is 12.6. The monoisotopic (exact) mass is 564 g/mol. The van der Waals surface area contributed by atoms with E-state index in [9.17, 15) is 10.1 Å². The van der Waals surface area contributed by atoms with E-state index >= 15 is 0 Å². The number of nitrogens with one attached hydrogen (secondary N) is 1. The third-order valence-electron chi connectivity index (χ3n) is 4.44. The van der Waals surface area contributed by atoms with Crippen molar-refractivity contribution in [3.8, 4) is 17.6 Å². The second-order valence-corrected chi connectivity index (χ2v) is 8.74. The first-order valence-electron chi connectivity index (χ1n) is 9.44. The predicted octanol–water partition coefficient (Wildman–Crippen LogP) is 7.54. The molecule has 0 aliphatic rings. The lowest BCUT2D eigenvalue weighted by Crippen LogP contribution is -2.13. The van der Waals surface area contributed by atoms with E-state index in [0.717, 1.165) is 10.0 Å². The number of nitriles is 1. The van der Waals surface area contributed by atoms with Crippen LogP contribution < -0.4 is 14.8 Å². The molecule has 5 nitrogen and oxygen atoms in total. The molecule has 0 unspecified atom stereocenters. The summed E-state index contributed by atoms with van der Waals surface area (Å²) in [5.74, 6) is 0.106. The lowest BCUT2D eigenvalue weighted by atomic mass is 10.1. The largest absolute Gasteiger partial charge is 0.493 e. The molecule has 3 aromatic carbocycles. The van der Waals surface area contributed by atoms with Crippen molar-refractivity contribution >= 4 is 68.4 Å². The highest BCUT2D eigenvalue weighted by Crippen LogP contribution is 2.38. The van der Waals surface area contributed by atoms with Gasteiger partial charge in [0.15, 0.2) is 11.5 Å². The second kappa shape index (κ2) is 11.4. The van der Waals surface area contributed by atoms with E-state index in [1.165, 1.54) is 19.3 Å². The van der Waals surface area contributed by atoms with Gasteiger partial charge in [-0.15, -0.1) is 0 Å². The Morgan fingerprint density at radius 2 is 1.85 bits per heavy atom. The van der Waals surface area contributed by atoms with Crippen molar-refractivity contribution in [3.05, 3.63) is 90.8 Å². The minimum absolute atomic E-state index is 0.138. The van der Waals surface area contributed by atoms with Gasteiger partial charge >= 0.3 is 0 Å². The molecule has 0 aliphatic carbocycles. The molecule has 0 heterocycles. The Bertz CT molecular complexity index is 1270. The van der Waals surface area contributed by atoms with E-state index in [2.05, 4.69) is 21.2 Å². The summed E-state index contributed by atoms with van der Waals surface area (Å²) in [6.07, 6.45) is 1.40. The van der Waals surface area contributed by atoms with Crippen LogP contribution in [0.4, 0.5) is 5.69 Å². The number of carbonyl (C=O) groups is 1. The van der Waals surface area contributed by atoms with Crippen LogP contribution in [0.2, 0.25) is 15.1 Å². The van der Waals surface area contributed by atoms with Crippen molar-refractivity contribution < 1.29 is 14.3 Å². The average Bonchev–Trinajstić information content (AvgIpc) is 2.79. The van der Waals surface area contributed by atoms with E-state index in [1.807, 2.05) is 30.3 Å². The number of methoxy groups -OCH3 is 1. The molecule has 33 heavy (non-hydrogen) atoms. The Labute approximate surface area is 214 Å². The first-order chi connectivity index (χ1) is 15.8. The van der Waals surface area contributed by atoms with Gasteiger partial charge in [0.25, 0.3) is 5.91 Å². The number of nitrogens with zero attached hydrogens (tertiary/aromatic N) is 1. The first kappa shape index (κ1) is 24.9. The number of hydrogen-bond donors (Lipinski definition) is 1. The number of carbonyl (C=O) groups excluding carboxylic acids is 1. The molecule has 3 aromatic rings. The van der Waals surface area contributed by atoms with Crippen LogP contribution in [-0.4, -0.2) is 13.0 Å². The first-order valence-corrected chi connectivity index (χ1v) is 11.4. The highest BCUT2D eigenvalue weighted by atomic mass is 79.9. The summed E-state index contributed by atoms with van der Waals surface area (Å²) in [6, 6.07) is 17.4. The number of anilines is 1. The van der Waals surface area contributed by atoms with Crippen LogP contribution in [0, 0.1) is 11.3 Å². The fourth-order valence-corrected chi connectivity index (χ4v) is 3.79. The molecule has 0 bridgehead atoms. The highest BCUT2D eigenvalue weighted by molar-refractivity contribution is 9.10. The molecule has 1 amide bonds. The zero-order valence-electron chi connectivity index (χ0n) is 17.2. The number of amides is 1. The molecule has 0 spiro atoms. The third kappa shape index (κ3) is 6.43. The maximum Gasteiger partial charge on any atom is 0.266 e. The van der Waals surface area contributed by atoms with Crippen LogP contribution in [0.25, 0.3) is 6.08 Å². The van der Waals surface area contributed by atoms with Crippen molar-refractivity contribution in [2.45, 2.75) is 6.61 Å². The number of halogens is 4. The van der Waals surface area contributed by atoms with Gasteiger partial charge in [0, 0.05) is 15.7 Å². The van der Waals surface area contributed by atoms with Gasteiger partial charge in [0.1, 0.15) is 18.2 Å². The smallest absolute Gasteiger partial charge is 0.266 e. The summed E-state index contributed by atoms with van der Waals surface area (Å²) >= 11 is 21.8. The van der Waals surface area contributed by atoms with Gasteiger partial charge < -0.3 is 14.8 Å². The average molecular weight is 567 g/mol. The summed E-state index contributed by atoms with van der Waals surface area (Å²) in [5, 5.41) is 13.0. The van der Waals surface area contributed by atoms with Crippen LogP contribution in [-0.2, 0) is 11.4 Å². The molecule has 3 rings (SSSR count). The Kier molecular flexibility index (Phi) is 8.65. The Morgan fingerprint density at radius 3 is 2.52 bits per heavy atom. The highest BCUT2D eigenvalue weighted by Gasteiger charge is 2.15. The number of ether oxygens (including phenoxy) is 2. The molecule has 0 fully saturated rings. The molecule has 0 saturated heterocycles. The number of benzene rings is 3. The van der Waals surface area contributed by atoms with Gasteiger partial charge in [0.2, 0.25) is 0 Å². The standard InChI is InChI=1S/C24H16BrCl3N2O3/c1-32-22-10-14(9-21(28)23(22)33-13-15-4-2-3-5-18(15)25)8-16(12-29)24(31)30-17-6-7-19(26)20(27)11-17/h2-11H,13H2,1H3,(H,30,31)/b16-8+. The molecule has 0 aromatic heterocycles. The Morgan fingerprint density at radius 1 is 1.09 bits per heavy atom. The topological polar surface area (TPSA) is 71.3 Å². The molecule has 0 aliphatic heterocycles. The zero-order valence-corrected chi connectivity index (χ0v) is 21.0. The summed E-state index contributed by atoms with van der Waals surface area (Å²) < 4.78 is 12.2. The van der Waals surface area contributed by atoms with E-state index in [-0.39, 0.29) is 22.2 Å². The molecule has 0 saturated carbocycles. The Hall–Kier alpha value is -2.69. The molecular weight excluding hydrogens is 551 g/mol.